The van der Waals surface area contributed by atoms with E-state index in [-0.39, 0.29) is 31.2 Å². The van der Waals surface area contributed by atoms with Crippen molar-refractivity contribution in [3.63, 3.8) is 0 Å². The number of alkyl halides is 2. The number of amides is 4. The summed E-state index contributed by atoms with van der Waals surface area (Å²) in [7, 11) is -1.07. The number of benzene rings is 1. The highest BCUT2D eigenvalue weighted by atomic mass is 32.2. The molecule has 0 radical (unpaired) electrons. The van der Waals surface area contributed by atoms with Gasteiger partial charge in [-0.05, 0) is 94.7 Å². The van der Waals surface area contributed by atoms with E-state index in [1.165, 1.54) is 25.3 Å². The van der Waals surface area contributed by atoms with Gasteiger partial charge >= 0.3 is 6.09 Å². The van der Waals surface area contributed by atoms with Gasteiger partial charge in [-0.25, -0.2) is 27.0 Å². The molecule has 2 aliphatic heterocycles. The van der Waals surface area contributed by atoms with Crippen LogP contribution in [-0.4, -0.2) is 103 Å². The molecule has 4 aliphatic rings. The Hall–Kier alpha value is -4.74. The zero-order valence-corrected chi connectivity index (χ0v) is 35.5. The Morgan fingerprint density at radius 2 is 1.73 bits per heavy atom. The zero-order chi connectivity index (χ0) is 43.3. The number of pyridine rings is 1. The number of fused-ring (bicyclic) bond motifs is 3. The van der Waals surface area contributed by atoms with Crippen LogP contribution < -0.4 is 29.6 Å². The molecule has 3 heterocycles. The summed E-state index contributed by atoms with van der Waals surface area (Å²) in [5.41, 5.74) is -3.85. The second-order valence-electron chi connectivity index (χ2n) is 17.4. The van der Waals surface area contributed by atoms with E-state index < -0.39 is 85.7 Å². The van der Waals surface area contributed by atoms with Crippen LogP contribution in [0.1, 0.15) is 86.5 Å². The van der Waals surface area contributed by atoms with Gasteiger partial charge in [0.15, 0.2) is 17.1 Å². The van der Waals surface area contributed by atoms with Gasteiger partial charge in [0, 0.05) is 30.8 Å². The summed E-state index contributed by atoms with van der Waals surface area (Å²) < 4.78 is 79.0. The molecular weight excluding hydrogens is 793 g/mol. The van der Waals surface area contributed by atoms with Crippen LogP contribution in [0, 0.1) is 17.8 Å². The van der Waals surface area contributed by atoms with E-state index in [4.69, 9.17) is 18.9 Å². The number of allylic oxidation sites excluding steroid dienone is 1. The zero-order valence-electron chi connectivity index (χ0n) is 34.7. The van der Waals surface area contributed by atoms with Crippen LogP contribution in [-0.2, 0) is 29.1 Å². The van der Waals surface area contributed by atoms with Crippen molar-refractivity contribution in [3.8, 4) is 17.4 Å². The molecule has 4 amide bonds. The first kappa shape index (κ1) is 43.8. The molecule has 15 nitrogen and oxygen atoms in total. The third-order valence-corrected chi connectivity index (χ3v) is 14.6. The quantitative estimate of drug-likeness (QED) is 0.273. The maximum Gasteiger partial charge on any atom is 0.408 e. The minimum absolute atomic E-state index is 0.0132. The lowest BCUT2D eigenvalue weighted by atomic mass is 9.88. The number of carbonyl (C=O) groups is 4. The third kappa shape index (κ3) is 8.92. The highest BCUT2D eigenvalue weighted by molar-refractivity contribution is 7.91. The monoisotopic (exact) mass is 847 g/mol. The summed E-state index contributed by atoms with van der Waals surface area (Å²) in [5.74, 6) is -5.75. The number of alkyl carbamates (subject to hydrolysis) is 1. The lowest BCUT2D eigenvalue weighted by Gasteiger charge is -2.35. The van der Waals surface area contributed by atoms with E-state index in [1.807, 2.05) is 19.1 Å². The molecule has 1 saturated heterocycles. The number of hydrogen-bond acceptors (Lipinski definition) is 11. The molecule has 7 atom stereocenters. The van der Waals surface area contributed by atoms with Gasteiger partial charge in [0.05, 0.1) is 25.5 Å². The fourth-order valence-corrected chi connectivity index (χ4v) is 9.11. The second-order valence-corrected chi connectivity index (χ2v) is 19.6. The number of ether oxygens (including phenoxy) is 4. The van der Waals surface area contributed by atoms with Crippen LogP contribution in [0.25, 0.3) is 10.8 Å². The Morgan fingerprint density at radius 3 is 2.37 bits per heavy atom. The van der Waals surface area contributed by atoms with Crippen LogP contribution in [0.2, 0.25) is 0 Å². The molecular formula is C41H55F2N5O10S. The van der Waals surface area contributed by atoms with Gasteiger partial charge in [0.25, 0.3) is 11.8 Å². The van der Waals surface area contributed by atoms with Crippen LogP contribution in [0.15, 0.2) is 36.5 Å². The molecule has 0 spiro atoms. The molecule has 1 aromatic heterocycles. The van der Waals surface area contributed by atoms with Crippen molar-refractivity contribution in [1.82, 2.24) is 25.2 Å². The Kier molecular flexibility index (Phi) is 11.9. The first-order valence-corrected chi connectivity index (χ1v) is 21.4. The SMILES string of the molecule is COc1cc2ccnc(O[C@@H]3C[C@H]4C(=O)N[C@]5(C(=O)NS(=O)(=O)C6(C)CC6)C[C@H]5/C=C\CC[C@H](C)C[C@@H](C)[C@H](NC(=O)OC(C)(C)C(C)(F)F)C(=O)N4C3)c2cc1OC. The summed E-state index contributed by atoms with van der Waals surface area (Å²) in [5, 5.41) is 6.64. The Bertz CT molecular complexity index is 2120. The molecule has 0 bridgehead atoms. The van der Waals surface area contributed by atoms with Gasteiger partial charge in [-0.15, -0.1) is 0 Å². The first-order chi connectivity index (χ1) is 27.5. The Balaban J connectivity index is 1.36. The van der Waals surface area contributed by atoms with Gasteiger partial charge in [-0.3, -0.25) is 19.1 Å². The van der Waals surface area contributed by atoms with Crippen molar-refractivity contribution in [1.29, 1.82) is 0 Å². The lowest BCUT2D eigenvalue weighted by Crippen LogP contribution is -2.59. The maximum absolute atomic E-state index is 14.9. The molecule has 0 unspecified atom stereocenters. The van der Waals surface area contributed by atoms with Crippen molar-refractivity contribution in [2.75, 3.05) is 20.8 Å². The second kappa shape index (κ2) is 16.0. The Morgan fingerprint density at radius 1 is 1.05 bits per heavy atom. The van der Waals surface area contributed by atoms with Crippen LogP contribution in [0.5, 0.6) is 17.4 Å². The fourth-order valence-electron chi connectivity index (χ4n) is 7.80. The first-order valence-electron chi connectivity index (χ1n) is 20.0. The molecule has 2 aromatic rings. The normalized spacial score (nSPS) is 29.1. The molecule has 324 valence electrons. The molecule has 18 heteroatoms. The van der Waals surface area contributed by atoms with Crippen LogP contribution in [0.4, 0.5) is 13.6 Å². The van der Waals surface area contributed by atoms with Crippen molar-refractivity contribution >= 4 is 44.6 Å². The molecule has 3 fully saturated rings. The average molecular weight is 848 g/mol. The predicted molar refractivity (Wildman–Crippen MR) is 212 cm³/mol. The predicted octanol–water partition coefficient (Wildman–Crippen LogP) is 5.01. The molecule has 59 heavy (non-hydrogen) atoms. The van der Waals surface area contributed by atoms with E-state index >= 15 is 0 Å². The maximum atomic E-state index is 14.9. The number of methoxy groups -OCH3 is 2. The molecule has 3 N–H and O–H groups in total. The van der Waals surface area contributed by atoms with E-state index in [0.717, 1.165) is 13.8 Å². The lowest BCUT2D eigenvalue weighted by molar-refractivity contribution is -0.152. The molecule has 2 aliphatic carbocycles. The summed E-state index contributed by atoms with van der Waals surface area (Å²) >= 11 is 0. The van der Waals surface area contributed by atoms with Gasteiger partial charge in [-0.2, -0.15) is 0 Å². The largest absolute Gasteiger partial charge is 0.493 e. The summed E-state index contributed by atoms with van der Waals surface area (Å²) in [6.45, 7) is 7.86. The van der Waals surface area contributed by atoms with Crippen LogP contribution >= 0.6 is 0 Å². The van der Waals surface area contributed by atoms with Crippen molar-refractivity contribution in [2.45, 2.75) is 126 Å². The number of sulfonamides is 1. The summed E-state index contributed by atoms with van der Waals surface area (Å²) in [6.07, 6.45) is 5.62. The number of halogens is 2. The number of nitrogens with zero attached hydrogens (tertiary/aromatic N) is 2. The van der Waals surface area contributed by atoms with Crippen LogP contribution in [0.3, 0.4) is 0 Å². The number of nitrogens with one attached hydrogen (secondary N) is 3. The number of hydrogen-bond donors (Lipinski definition) is 3. The summed E-state index contributed by atoms with van der Waals surface area (Å²) in [6, 6.07) is 2.58. The van der Waals surface area contributed by atoms with E-state index in [9.17, 15) is 36.4 Å². The van der Waals surface area contributed by atoms with Gasteiger partial charge < -0.3 is 34.5 Å². The topological polar surface area (TPSA) is 192 Å². The average Bonchev–Trinajstić information content (AvgIpc) is 4.04. The smallest absolute Gasteiger partial charge is 0.408 e. The standard InChI is InChI=1S/C41H55F2N5O10S/c1-23-11-9-10-12-26-21-41(26,36(51)47-59(53,54)39(5)14-15-39)46-33(49)29-19-27(57-34-28-20-31(56-8)30(55-7)18-25(28)13-16-44-34)22-48(29)35(50)32(24(2)17-23)45-37(52)58-38(3,4)40(6,42)43/h10,12-13,16,18,20,23-24,26-27,29,32H,9,11,14-15,17,19,21-22H2,1-8H3,(H,45,52)(H,46,49)(H,47,51)/b12-10-/t23-,24+,26+,27+,29-,32-,41+/m0/s1. The van der Waals surface area contributed by atoms with E-state index in [1.54, 1.807) is 32.0 Å². The molecule has 1 aromatic carbocycles. The summed E-state index contributed by atoms with van der Waals surface area (Å²) in [4.78, 5) is 62.4. The van der Waals surface area contributed by atoms with Gasteiger partial charge in [0.1, 0.15) is 23.7 Å². The minimum Gasteiger partial charge on any atom is -0.493 e. The number of carbonyl (C=O) groups excluding carboxylic acids is 4. The van der Waals surface area contributed by atoms with E-state index in [2.05, 4.69) is 20.3 Å². The van der Waals surface area contributed by atoms with E-state index in [0.29, 0.717) is 61.3 Å². The highest BCUT2D eigenvalue weighted by Crippen LogP contribution is 2.48. The van der Waals surface area contributed by atoms with Crippen molar-refractivity contribution in [2.24, 2.45) is 17.8 Å². The van der Waals surface area contributed by atoms with Crippen molar-refractivity contribution < 1.29 is 55.3 Å². The fraction of sp³-hybridized carbons (Fsp3) is 0.634. The van der Waals surface area contributed by atoms with Gasteiger partial charge in [-0.1, -0.05) is 26.0 Å². The molecule has 2 saturated carbocycles. The highest BCUT2D eigenvalue weighted by Gasteiger charge is 2.63. The number of rotatable bonds is 10. The molecule has 6 rings (SSSR count). The van der Waals surface area contributed by atoms with Gasteiger partial charge in [0.2, 0.25) is 27.7 Å². The Labute approximate surface area is 343 Å². The minimum atomic E-state index is -4.06. The van der Waals surface area contributed by atoms with Crippen molar-refractivity contribution in [3.05, 3.63) is 36.5 Å². The third-order valence-electron chi connectivity index (χ3n) is 12.4. The number of aromatic nitrogens is 1.